The summed E-state index contributed by atoms with van der Waals surface area (Å²) in [6, 6.07) is 12.0. The van der Waals surface area contributed by atoms with E-state index in [-0.39, 0.29) is 11.8 Å². The molecule has 0 spiro atoms. The van der Waals surface area contributed by atoms with Crippen LogP contribution in [0.5, 0.6) is 0 Å². The van der Waals surface area contributed by atoms with Gasteiger partial charge in [-0.15, -0.1) is 11.3 Å². The van der Waals surface area contributed by atoms with E-state index in [4.69, 9.17) is 4.52 Å². The zero-order chi connectivity index (χ0) is 20.2. The van der Waals surface area contributed by atoms with Crippen LogP contribution < -0.4 is 5.32 Å². The van der Waals surface area contributed by atoms with Gasteiger partial charge in [0.05, 0.1) is 17.3 Å². The third-order valence-electron chi connectivity index (χ3n) is 5.29. The van der Waals surface area contributed by atoms with E-state index < -0.39 is 0 Å². The Morgan fingerprint density at radius 3 is 2.97 bits per heavy atom. The molecule has 7 heteroatoms. The Hall–Kier alpha value is -2.51. The molecule has 3 heterocycles. The van der Waals surface area contributed by atoms with Crippen molar-refractivity contribution in [2.45, 2.75) is 39.2 Å². The van der Waals surface area contributed by atoms with Crippen molar-refractivity contribution in [3.63, 3.8) is 0 Å². The van der Waals surface area contributed by atoms with E-state index >= 15 is 0 Å². The van der Waals surface area contributed by atoms with Gasteiger partial charge in [0.1, 0.15) is 0 Å². The molecule has 1 aliphatic rings. The predicted molar refractivity (Wildman–Crippen MR) is 115 cm³/mol. The lowest BCUT2D eigenvalue weighted by Crippen LogP contribution is -2.40. The summed E-state index contributed by atoms with van der Waals surface area (Å²) >= 11 is 1.59. The number of thiophene rings is 1. The summed E-state index contributed by atoms with van der Waals surface area (Å²) in [5.74, 6) is 1.65. The van der Waals surface area contributed by atoms with Crippen molar-refractivity contribution >= 4 is 22.9 Å². The van der Waals surface area contributed by atoms with E-state index in [1.54, 1.807) is 11.3 Å². The number of piperidine rings is 1. The fourth-order valence-corrected chi connectivity index (χ4v) is 4.43. The summed E-state index contributed by atoms with van der Waals surface area (Å²) in [7, 11) is 0. The molecule has 29 heavy (non-hydrogen) atoms. The first kappa shape index (κ1) is 19.8. The van der Waals surface area contributed by atoms with Gasteiger partial charge < -0.3 is 9.84 Å². The van der Waals surface area contributed by atoms with Crippen molar-refractivity contribution in [3.8, 4) is 10.7 Å². The van der Waals surface area contributed by atoms with Gasteiger partial charge in [0.15, 0.2) is 0 Å². The number of amides is 1. The lowest BCUT2D eigenvalue weighted by atomic mass is 9.96. The number of hydrogen-bond donors (Lipinski definition) is 1. The lowest BCUT2D eigenvalue weighted by molar-refractivity contribution is -0.121. The molecule has 1 amide bonds. The molecule has 152 valence electrons. The minimum absolute atomic E-state index is 0.0383. The zero-order valence-corrected chi connectivity index (χ0v) is 17.6. The number of nitrogens with zero attached hydrogens (tertiary/aromatic N) is 3. The molecule has 1 fully saturated rings. The van der Waals surface area contributed by atoms with Gasteiger partial charge in [0.2, 0.25) is 17.6 Å². The van der Waals surface area contributed by atoms with Crippen LogP contribution in [0.3, 0.4) is 0 Å². The molecule has 1 aliphatic heterocycles. The van der Waals surface area contributed by atoms with E-state index in [2.05, 4.69) is 40.3 Å². The predicted octanol–water partition coefficient (Wildman–Crippen LogP) is 4.77. The Labute approximate surface area is 174 Å². The second-order valence-electron chi connectivity index (χ2n) is 7.79. The number of nitrogens with one attached hydrogen (secondary N) is 1. The summed E-state index contributed by atoms with van der Waals surface area (Å²) < 4.78 is 5.43. The van der Waals surface area contributed by atoms with Crippen molar-refractivity contribution in [2.75, 3.05) is 18.4 Å². The largest absolute Gasteiger partial charge is 0.338 e. The van der Waals surface area contributed by atoms with Crippen molar-refractivity contribution in [1.82, 2.24) is 15.0 Å². The van der Waals surface area contributed by atoms with E-state index in [9.17, 15) is 4.79 Å². The van der Waals surface area contributed by atoms with E-state index in [1.807, 2.05) is 35.7 Å². The third kappa shape index (κ3) is 4.74. The maximum Gasteiger partial charge on any atom is 0.241 e. The quantitative estimate of drug-likeness (QED) is 0.634. The van der Waals surface area contributed by atoms with E-state index in [0.717, 1.165) is 30.0 Å². The molecule has 1 N–H and O–H groups in total. The number of para-hydroxylation sites is 1. The van der Waals surface area contributed by atoms with Gasteiger partial charge in [-0.3, -0.25) is 9.69 Å². The number of benzene rings is 1. The highest BCUT2D eigenvalue weighted by molar-refractivity contribution is 7.13. The molecule has 0 radical (unpaired) electrons. The van der Waals surface area contributed by atoms with Crippen LogP contribution in [0, 0.1) is 5.92 Å². The molecule has 1 unspecified atom stereocenters. The van der Waals surface area contributed by atoms with Crippen LogP contribution in [-0.2, 0) is 11.3 Å². The first-order chi connectivity index (χ1) is 14.1. The summed E-state index contributed by atoms with van der Waals surface area (Å²) in [4.78, 5) is 20.6. The van der Waals surface area contributed by atoms with Crippen LogP contribution in [-0.4, -0.2) is 34.0 Å². The molecular weight excluding hydrogens is 384 g/mol. The second-order valence-corrected chi connectivity index (χ2v) is 8.74. The first-order valence-electron chi connectivity index (χ1n) is 10.1. The molecule has 1 saturated heterocycles. The molecule has 0 bridgehead atoms. The molecule has 6 nitrogen and oxygen atoms in total. The highest BCUT2D eigenvalue weighted by atomic mass is 32.1. The number of rotatable bonds is 6. The van der Waals surface area contributed by atoms with Crippen molar-refractivity contribution in [1.29, 1.82) is 0 Å². The number of carbonyl (C=O) groups excluding carboxylic acids is 1. The molecular formula is C22H26N4O2S. The van der Waals surface area contributed by atoms with Gasteiger partial charge >= 0.3 is 0 Å². The minimum atomic E-state index is -0.0383. The lowest BCUT2D eigenvalue weighted by Gasteiger charge is -2.31. The van der Waals surface area contributed by atoms with Gasteiger partial charge in [-0.2, -0.15) is 4.98 Å². The highest BCUT2D eigenvalue weighted by Gasteiger charge is 2.27. The zero-order valence-electron chi connectivity index (χ0n) is 16.8. The number of likely N-dealkylation sites (tertiary alicyclic amines) is 1. The Bertz CT molecular complexity index is 951. The molecule has 0 aliphatic carbocycles. The fourth-order valence-electron chi connectivity index (χ4n) is 3.78. The van der Waals surface area contributed by atoms with Crippen LogP contribution in [0.2, 0.25) is 0 Å². The smallest absolute Gasteiger partial charge is 0.241 e. The Morgan fingerprint density at radius 2 is 2.17 bits per heavy atom. The van der Waals surface area contributed by atoms with Crippen molar-refractivity contribution < 1.29 is 9.32 Å². The van der Waals surface area contributed by atoms with Gasteiger partial charge in [-0.05, 0) is 48.4 Å². The van der Waals surface area contributed by atoms with Crippen LogP contribution in [0.25, 0.3) is 10.7 Å². The molecule has 0 saturated carbocycles. The van der Waals surface area contributed by atoms with Gasteiger partial charge in [0, 0.05) is 12.2 Å². The average molecular weight is 411 g/mol. The summed E-state index contributed by atoms with van der Waals surface area (Å²) in [5, 5.41) is 9.23. The number of carbonyl (C=O) groups is 1. The Morgan fingerprint density at radius 1 is 1.31 bits per heavy atom. The molecule has 1 aromatic carbocycles. The minimum Gasteiger partial charge on any atom is -0.338 e. The topological polar surface area (TPSA) is 71.3 Å². The molecule has 2 aromatic heterocycles. The molecule has 3 aromatic rings. The highest BCUT2D eigenvalue weighted by Crippen LogP contribution is 2.26. The van der Waals surface area contributed by atoms with Crippen LogP contribution >= 0.6 is 11.3 Å². The summed E-state index contributed by atoms with van der Waals surface area (Å²) in [5.41, 5.74) is 2.09. The fraction of sp³-hybridized carbons (Fsp3) is 0.409. The molecule has 1 atom stereocenters. The third-order valence-corrected chi connectivity index (χ3v) is 6.15. The molecule has 4 rings (SSSR count). The maximum absolute atomic E-state index is 12.9. The number of anilines is 1. The second kappa shape index (κ2) is 8.88. The van der Waals surface area contributed by atoms with Gasteiger partial charge in [0.25, 0.3) is 0 Å². The standard InChI is InChI=1S/C22H26N4O2S/c1-15(2)17-8-3-4-9-18(17)23-22(27)16-7-5-11-26(13-16)14-20-24-21(25-28-20)19-10-6-12-29-19/h3-4,6,8-10,12,15-16H,5,7,11,13-14H2,1-2H3,(H,23,27). The summed E-state index contributed by atoms with van der Waals surface area (Å²) in [6.45, 7) is 6.49. The first-order valence-corrected chi connectivity index (χ1v) is 11.0. The Balaban J connectivity index is 1.38. The van der Waals surface area contributed by atoms with Gasteiger partial charge in [-0.25, -0.2) is 0 Å². The van der Waals surface area contributed by atoms with E-state index in [0.29, 0.717) is 30.7 Å². The van der Waals surface area contributed by atoms with Crippen molar-refractivity contribution in [2.24, 2.45) is 5.92 Å². The van der Waals surface area contributed by atoms with Crippen molar-refractivity contribution in [3.05, 3.63) is 53.2 Å². The number of hydrogen-bond acceptors (Lipinski definition) is 6. The average Bonchev–Trinajstić information content (AvgIpc) is 3.40. The number of aromatic nitrogens is 2. The van der Waals surface area contributed by atoms with Crippen LogP contribution in [0.15, 0.2) is 46.3 Å². The normalized spacial score (nSPS) is 17.6. The van der Waals surface area contributed by atoms with Crippen LogP contribution in [0.1, 0.15) is 44.1 Å². The van der Waals surface area contributed by atoms with Crippen LogP contribution in [0.4, 0.5) is 5.69 Å². The van der Waals surface area contributed by atoms with E-state index in [1.165, 1.54) is 5.56 Å². The van der Waals surface area contributed by atoms with Gasteiger partial charge in [-0.1, -0.05) is 43.3 Å². The summed E-state index contributed by atoms with van der Waals surface area (Å²) in [6.07, 6.45) is 1.88. The SMILES string of the molecule is CC(C)c1ccccc1NC(=O)C1CCCN(Cc2nc(-c3cccs3)no2)C1. The Kier molecular flexibility index (Phi) is 6.06. The monoisotopic (exact) mass is 410 g/mol. The maximum atomic E-state index is 12.9.